The zero-order valence-electron chi connectivity index (χ0n) is 14.1. The Kier molecular flexibility index (Phi) is 5.97. The number of aryl methyl sites for hydroxylation is 1. The highest BCUT2D eigenvalue weighted by Crippen LogP contribution is 2.24. The molecule has 0 radical (unpaired) electrons. The summed E-state index contributed by atoms with van der Waals surface area (Å²) in [6, 6.07) is 7.44. The van der Waals surface area contributed by atoms with Gasteiger partial charge in [0.1, 0.15) is 12.0 Å². The monoisotopic (exact) mass is 332 g/mol. The first-order valence-electron chi connectivity index (χ1n) is 7.22. The van der Waals surface area contributed by atoms with Crippen LogP contribution in [-0.4, -0.2) is 37.1 Å². The summed E-state index contributed by atoms with van der Waals surface area (Å²) < 4.78 is 22.0. The molecule has 1 aromatic carbocycles. The molecule has 0 saturated heterocycles. The Labute approximate surface area is 140 Å². The van der Waals surface area contributed by atoms with Crippen LogP contribution in [0.3, 0.4) is 0 Å². The van der Waals surface area contributed by atoms with Crippen LogP contribution in [-0.2, 0) is 25.6 Å². The van der Waals surface area contributed by atoms with Crippen LogP contribution in [0, 0.1) is 6.92 Å². The van der Waals surface area contributed by atoms with E-state index in [-0.39, 0.29) is 5.76 Å². The van der Waals surface area contributed by atoms with Crippen LogP contribution in [0.25, 0.3) is 5.69 Å². The van der Waals surface area contributed by atoms with Gasteiger partial charge in [0.2, 0.25) is 5.76 Å². The summed E-state index contributed by atoms with van der Waals surface area (Å²) in [4.78, 5) is 11.7. The second-order valence-electron chi connectivity index (χ2n) is 4.95. The van der Waals surface area contributed by atoms with E-state index < -0.39 is 5.97 Å². The lowest BCUT2D eigenvalue weighted by atomic mass is 10.2. The van der Waals surface area contributed by atoms with E-state index in [0.29, 0.717) is 12.4 Å². The van der Waals surface area contributed by atoms with Crippen LogP contribution in [0.15, 0.2) is 42.5 Å². The molecule has 1 heterocycles. The largest absolute Gasteiger partial charge is 0.500 e. The Morgan fingerprint density at radius 3 is 2.71 bits per heavy atom. The number of carbonyl (C=O) groups is 1. The molecule has 7 heteroatoms. The van der Waals surface area contributed by atoms with Gasteiger partial charge in [-0.15, -0.1) is 0 Å². The van der Waals surface area contributed by atoms with Gasteiger partial charge in [-0.05, 0) is 24.6 Å². The van der Waals surface area contributed by atoms with Gasteiger partial charge >= 0.3 is 5.97 Å². The summed E-state index contributed by atoms with van der Waals surface area (Å²) in [6.45, 7) is 2.31. The topological polar surface area (TPSA) is 71.8 Å². The van der Waals surface area contributed by atoms with Crippen LogP contribution in [0.4, 0.5) is 0 Å². The molecule has 2 aromatic rings. The van der Waals surface area contributed by atoms with Gasteiger partial charge in [0, 0.05) is 19.4 Å². The number of benzene rings is 1. The van der Waals surface area contributed by atoms with E-state index in [2.05, 4.69) is 9.84 Å². The molecule has 0 N–H and O–H groups in total. The predicted molar refractivity (Wildman–Crippen MR) is 86.8 cm³/mol. The maximum absolute atomic E-state index is 11.7. The first-order valence-corrected chi connectivity index (χ1v) is 7.22. The number of carbonyl (C=O) groups excluding carboxylic acids is 1. The molecular weight excluding hydrogens is 312 g/mol. The summed E-state index contributed by atoms with van der Waals surface area (Å²) in [5, 5.41) is 4.41. The van der Waals surface area contributed by atoms with E-state index >= 15 is 0 Å². The van der Waals surface area contributed by atoms with Crippen molar-refractivity contribution >= 4 is 5.97 Å². The average molecular weight is 332 g/mol. The third-order valence-electron chi connectivity index (χ3n) is 3.20. The summed E-state index contributed by atoms with van der Waals surface area (Å²) in [7, 11) is 4.32. The molecule has 0 unspecified atom stereocenters. The molecule has 0 amide bonds. The van der Waals surface area contributed by atoms with Crippen molar-refractivity contribution in [1.82, 2.24) is 9.78 Å². The summed E-state index contributed by atoms with van der Waals surface area (Å²) in [5.41, 5.74) is 2.46. The maximum Gasteiger partial charge on any atom is 0.377 e. The first kappa shape index (κ1) is 17.6. The molecule has 0 saturated carbocycles. The fourth-order valence-electron chi connectivity index (χ4n) is 2.01. The normalized spacial score (nSPS) is 11.2. The van der Waals surface area contributed by atoms with Gasteiger partial charge in [0.15, 0.2) is 0 Å². The second-order valence-corrected chi connectivity index (χ2v) is 4.95. The third kappa shape index (κ3) is 4.14. The molecule has 0 aliphatic carbocycles. The first-order chi connectivity index (χ1) is 11.6. The zero-order valence-corrected chi connectivity index (χ0v) is 14.1. The third-order valence-corrected chi connectivity index (χ3v) is 3.20. The molecule has 0 atom stereocenters. The molecular formula is C17H20N2O5. The highest BCUT2D eigenvalue weighted by molar-refractivity contribution is 5.86. The maximum atomic E-state index is 11.7. The predicted octanol–water partition coefficient (Wildman–Crippen LogP) is 2.37. The van der Waals surface area contributed by atoms with E-state index in [0.717, 1.165) is 16.9 Å². The number of esters is 1. The Bertz CT molecular complexity index is 736. The van der Waals surface area contributed by atoms with Crippen LogP contribution < -0.4 is 4.74 Å². The second kappa shape index (κ2) is 8.16. The van der Waals surface area contributed by atoms with Gasteiger partial charge in [-0.3, -0.25) is 0 Å². The van der Waals surface area contributed by atoms with Crippen molar-refractivity contribution < 1.29 is 23.7 Å². The fourth-order valence-corrected chi connectivity index (χ4v) is 2.01. The van der Waals surface area contributed by atoms with E-state index in [9.17, 15) is 4.79 Å². The standard InChI is InChI=1S/C17H20N2O5/c1-12-5-6-14(19-8-7-13(18-19)10-21-2)9-15(12)24-16(11-22-3)17(20)23-4/h5-9,11H,10H2,1-4H3/b16-11-. The van der Waals surface area contributed by atoms with Gasteiger partial charge in [-0.2, -0.15) is 5.10 Å². The molecule has 128 valence electrons. The van der Waals surface area contributed by atoms with Crippen LogP contribution in [0.5, 0.6) is 5.75 Å². The lowest BCUT2D eigenvalue weighted by Gasteiger charge is -2.12. The molecule has 0 bridgehead atoms. The Hall–Kier alpha value is -2.80. The minimum atomic E-state index is -0.622. The van der Waals surface area contributed by atoms with Gasteiger partial charge in [0.05, 0.1) is 32.2 Å². The molecule has 0 aliphatic heterocycles. The van der Waals surface area contributed by atoms with Gasteiger partial charge in [0.25, 0.3) is 0 Å². The lowest BCUT2D eigenvalue weighted by molar-refractivity contribution is -0.138. The van der Waals surface area contributed by atoms with Crippen molar-refractivity contribution in [2.24, 2.45) is 0 Å². The number of ether oxygens (including phenoxy) is 4. The van der Waals surface area contributed by atoms with Crippen molar-refractivity contribution in [1.29, 1.82) is 0 Å². The molecule has 0 fully saturated rings. The SMILES string of the molecule is CO/C=C(\Oc1cc(-n2ccc(COC)n2)ccc1C)C(=O)OC. The Morgan fingerprint density at radius 2 is 2.04 bits per heavy atom. The Morgan fingerprint density at radius 1 is 1.25 bits per heavy atom. The minimum Gasteiger partial charge on any atom is -0.500 e. The summed E-state index contributed by atoms with van der Waals surface area (Å²) >= 11 is 0. The van der Waals surface area contributed by atoms with E-state index in [1.54, 1.807) is 17.9 Å². The zero-order chi connectivity index (χ0) is 17.5. The van der Waals surface area contributed by atoms with Gasteiger partial charge in [-0.25, -0.2) is 9.48 Å². The molecule has 2 rings (SSSR count). The number of hydrogen-bond acceptors (Lipinski definition) is 6. The quantitative estimate of drug-likeness (QED) is 0.440. The number of methoxy groups -OCH3 is 3. The van der Waals surface area contributed by atoms with E-state index in [4.69, 9.17) is 14.2 Å². The number of nitrogens with zero attached hydrogens (tertiary/aromatic N) is 2. The minimum absolute atomic E-state index is 0.0409. The van der Waals surface area contributed by atoms with E-state index in [1.165, 1.54) is 20.5 Å². The fraction of sp³-hybridized carbons (Fsp3) is 0.294. The van der Waals surface area contributed by atoms with Crippen molar-refractivity contribution in [3.63, 3.8) is 0 Å². The van der Waals surface area contributed by atoms with Crippen LogP contribution in [0.1, 0.15) is 11.3 Å². The van der Waals surface area contributed by atoms with Crippen molar-refractivity contribution in [3.05, 3.63) is 53.7 Å². The highest BCUT2D eigenvalue weighted by Gasteiger charge is 2.15. The van der Waals surface area contributed by atoms with E-state index in [1.807, 2.05) is 31.3 Å². The average Bonchev–Trinajstić information content (AvgIpc) is 3.04. The van der Waals surface area contributed by atoms with Gasteiger partial charge < -0.3 is 18.9 Å². The number of aromatic nitrogens is 2. The van der Waals surface area contributed by atoms with Crippen LogP contribution >= 0.6 is 0 Å². The summed E-state index contributed by atoms with van der Waals surface area (Å²) in [5.74, 6) is -0.158. The molecule has 24 heavy (non-hydrogen) atoms. The van der Waals surface area contributed by atoms with Crippen molar-refractivity contribution in [3.8, 4) is 11.4 Å². The van der Waals surface area contributed by atoms with Crippen LogP contribution in [0.2, 0.25) is 0 Å². The van der Waals surface area contributed by atoms with Crippen molar-refractivity contribution in [2.45, 2.75) is 13.5 Å². The van der Waals surface area contributed by atoms with Gasteiger partial charge in [-0.1, -0.05) is 6.07 Å². The number of hydrogen-bond donors (Lipinski definition) is 0. The molecule has 0 aliphatic rings. The number of rotatable bonds is 7. The smallest absolute Gasteiger partial charge is 0.377 e. The molecule has 7 nitrogen and oxygen atoms in total. The molecule has 1 aromatic heterocycles. The highest BCUT2D eigenvalue weighted by atomic mass is 16.6. The van der Waals surface area contributed by atoms with Crippen molar-refractivity contribution in [2.75, 3.05) is 21.3 Å². The summed E-state index contributed by atoms with van der Waals surface area (Å²) in [6.07, 6.45) is 3.03. The Balaban J connectivity index is 2.30. The molecule has 0 spiro atoms. The lowest BCUT2D eigenvalue weighted by Crippen LogP contribution is -2.12.